The molecule has 26 heavy (non-hydrogen) atoms. The number of hydrogen-bond acceptors (Lipinski definition) is 6. The number of hydrogen-bond donors (Lipinski definition) is 3. The first-order valence-corrected chi connectivity index (χ1v) is 8.83. The van der Waals surface area contributed by atoms with E-state index in [4.69, 9.17) is 9.84 Å². The van der Waals surface area contributed by atoms with Crippen molar-refractivity contribution in [1.29, 1.82) is 0 Å². The fourth-order valence-electron chi connectivity index (χ4n) is 1.71. The van der Waals surface area contributed by atoms with E-state index in [-0.39, 0.29) is 19.0 Å². The molecule has 8 nitrogen and oxygen atoms in total. The standard InChI is InChI=1S/C17H22N2O6S/c1-3-9-24-17(23)19-14(15(20)21)11-26-12(2)18-16(22)25-10-13-7-5-4-6-8-13/h3-8,12,14H,1,9-11H2,2H3,(H,18,22)(H,19,23)(H,20,21). The molecule has 0 spiro atoms. The molecule has 0 aliphatic heterocycles. The van der Waals surface area contributed by atoms with Gasteiger partial charge in [-0.25, -0.2) is 14.4 Å². The molecule has 3 N–H and O–H groups in total. The van der Waals surface area contributed by atoms with Gasteiger partial charge >= 0.3 is 18.2 Å². The van der Waals surface area contributed by atoms with E-state index in [0.717, 1.165) is 17.3 Å². The van der Waals surface area contributed by atoms with E-state index in [1.807, 2.05) is 30.3 Å². The first-order valence-electron chi connectivity index (χ1n) is 7.78. The predicted octanol–water partition coefficient (Wildman–Crippen LogP) is 2.36. The highest BCUT2D eigenvalue weighted by Crippen LogP contribution is 2.10. The number of aliphatic carboxylic acids is 1. The van der Waals surface area contributed by atoms with E-state index in [1.54, 1.807) is 6.92 Å². The molecule has 1 aromatic rings. The van der Waals surface area contributed by atoms with E-state index in [1.165, 1.54) is 6.08 Å². The van der Waals surface area contributed by atoms with Crippen LogP contribution in [0.5, 0.6) is 0 Å². The Morgan fingerprint density at radius 1 is 1.19 bits per heavy atom. The summed E-state index contributed by atoms with van der Waals surface area (Å²) < 4.78 is 9.77. The van der Waals surface area contributed by atoms with Crippen LogP contribution in [0, 0.1) is 0 Å². The van der Waals surface area contributed by atoms with Crippen molar-refractivity contribution in [2.24, 2.45) is 0 Å². The average molecular weight is 382 g/mol. The van der Waals surface area contributed by atoms with Crippen LogP contribution < -0.4 is 10.6 Å². The minimum absolute atomic E-state index is 0.0173. The lowest BCUT2D eigenvalue weighted by Crippen LogP contribution is -2.44. The van der Waals surface area contributed by atoms with Crippen molar-refractivity contribution in [3.63, 3.8) is 0 Å². The first kappa shape index (κ1) is 21.4. The van der Waals surface area contributed by atoms with Crippen LogP contribution in [0.15, 0.2) is 43.0 Å². The molecular weight excluding hydrogens is 360 g/mol. The quantitative estimate of drug-likeness (QED) is 0.420. The summed E-state index contributed by atoms with van der Waals surface area (Å²) in [5.74, 6) is -1.16. The van der Waals surface area contributed by atoms with Crippen molar-refractivity contribution in [3.8, 4) is 0 Å². The number of ether oxygens (including phenoxy) is 2. The number of alkyl carbamates (subject to hydrolysis) is 2. The van der Waals surface area contributed by atoms with Gasteiger partial charge in [-0.3, -0.25) is 0 Å². The van der Waals surface area contributed by atoms with Crippen molar-refractivity contribution < 1.29 is 29.0 Å². The number of rotatable bonds is 10. The Labute approximate surface area is 155 Å². The summed E-state index contributed by atoms with van der Waals surface area (Å²) in [7, 11) is 0. The first-order chi connectivity index (χ1) is 12.4. The van der Waals surface area contributed by atoms with Crippen molar-refractivity contribution in [2.45, 2.75) is 24.9 Å². The highest BCUT2D eigenvalue weighted by atomic mass is 32.2. The van der Waals surface area contributed by atoms with Crippen LogP contribution in [-0.4, -0.2) is 47.0 Å². The average Bonchev–Trinajstić information content (AvgIpc) is 2.62. The van der Waals surface area contributed by atoms with Crippen LogP contribution in [0.4, 0.5) is 9.59 Å². The molecule has 9 heteroatoms. The molecule has 1 aromatic carbocycles. The third-order valence-corrected chi connectivity index (χ3v) is 4.11. The highest BCUT2D eigenvalue weighted by Gasteiger charge is 2.22. The Hall–Kier alpha value is -2.68. The van der Waals surface area contributed by atoms with Gasteiger partial charge in [0.25, 0.3) is 0 Å². The number of thioether (sulfide) groups is 1. The second-order valence-corrected chi connectivity index (χ2v) is 6.48. The van der Waals surface area contributed by atoms with Gasteiger partial charge in [-0.1, -0.05) is 43.0 Å². The minimum Gasteiger partial charge on any atom is -0.480 e. The van der Waals surface area contributed by atoms with E-state index < -0.39 is 29.6 Å². The summed E-state index contributed by atoms with van der Waals surface area (Å²) in [4.78, 5) is 34.3. The number of carbonyl (C=O) groups excluding carboxylic acids is 2. The highest BCUT2D eigenvalue weighted by molar-refractivity contribution is 7.99. The maximum atomic E-state index is 11.7. The monoisotopic (exact) mass is 382 g/mol. The lowest BCUT2D eigenvalue weighted by Gasteiger charge is -2.17. The molecule has 0 saturated carbocycles. The smallest absolute Gasteiger partial charge is 0.408 e. The maximum Gasteiger partial charge on any atom is 0.408 e. The molecule has 142 valence electrons. The third-order valence-electron chi connectivity index (χ3n) is 2.97. The fourth-order valence-corrected chi connectivity index (χ4v) is 2.59. The zero-order valence-corrected chi connectivity index (χ0v) is 15.2. The summed E-state index contributed by atoms with van der Waals surface area (Å²) in [5, 5.41) is 13.5. The molecule has 1 rings (SSSR count). The van der Waals surface area contributed by atoms with Gasteiger partial charge in [0, 0.05) is 5.75 Å². The Balaban J connectivity index is 2.34. The second kappa shape index (κ2) is 11.8. The lowest BCUT2D eigenvalue weighted by atomic mass is 10.2. The van der Waals surface area contributed by atoms with E-state index in [2.05, 4.69) is 21.9 Å². The molecule has 0 heterocycles. The number of carbonyl (C=O) groups is 3. The zero-order valence-electron chi connectivity index (χ0n) is 14.3. The molecule has 0 radical (unpaired) electrons. The number of amides is 2. The van der Waals surface area contributed by atoms with Gasteiger partial charge in [0.1, 0.15) is 19.3 Å². The Kier molecular flexibility index (Phi) is 9.70. The molecule has 0 aliphatic rings. The van der Waals surface area contributed by atoms with Crippen molar-refractivity contribution in [2.75, 3.05) is 12.4 Å². The van der Waals surface area contributed by atoms with Crippen LogP contribution in [0.3, 0.4) is 0 Å². The topological polar surface area (TPSA) is 114 Å². The van der Waals surface area contributed by atoms with Gasteiger partial charge in [0.2, 0.25) is 0 Å². The van der Waals surface area contributed by atoms with Gasteiger partial charge in [0.05, 0.1) is 5.37 Å². The van der Waals surface area contributed by atoms with Gasteiger partial charge in [-0.05, 0) is 12.5 Å². The SMILES string of the molecule is C=CCOC(=O)NC(CSC(C)NC(=O)OCc1ccccc1)C(=O)O. The second-order valence-electron chi connectivity index (χ2n) is 5.10. The molecule has 2 unspecified atom stereocenters. The van der Waals surface area contributed by atoms with Crippen LogP contribution in [0.2, 0.25) is 0 Å². The summed E-state index contributed by atoms with van der Waals surface area (Å²) in [6, 6.07) is 8.06. The number of carboxylic acid groups (broad SMARTS) is 1. The van der Waals surface area contributed by atoms with E-state index in [9.17, 15) is 14.4 Å². The summed E-state index contributed by atoms with van der Waals surface area (Å²) in [6.45, 7) is 5.19. The number of nitrogens with one attached hydrogen (secondary N) is 2. The van der Waals surface area contributed by atoms with Gasteiger partial charge < -0.3 is 25.2 Å². The van der Waals surface area contributed by atoms with Gasteiger partial charge in [-0.2, -0.15) is 0 Å². The molecule has 2 amide bonds. The minimum atomic E-state index is -1.20. The van der Waals surface area contributed by atoms with Gasteiger partial charge in [-0.15, -0.1) is 11.8 Å². The van der Waals surface area contributed by atoms with Crippen LogP contribution >= 0.6 is 11.8 Å². The number of carboxylic acids is 1. The molecule has 0 saturated heterocycles. The predicted molar refractivity (Wildman–Crippen MR) is 97.8 cm³/mol. The van der Waals surface area contributed by atoms with E-state index >= 15 is 0 Å². The molecule has 0 aliphatic carbocycles. The Morgan fingerprint density at radius 3 is 2.46 bits per heavy atom. The molecule has 0 fully saturated rings. The van der Waals surface area contributed by atoms with E-state index in [0.29, 0.717) is 0 Å². The largest absolute Gasteiger partial charge is 0.480 e. The van der Waals surface area contributed by atoms with Gasteiger partial charge in [0.15, 0.2) is 0 Å². The zero-order chi connectivity index (χ0) is 19.4. The third kappa shape index (κ3) is 8.97. The molecule has 0 aromatic heterocycles. The number of benzene rings is 1. The lowest BCUT2D eigenvalue weighted by molar-refractivity contribution is -0.138. The Bertz CT molecular complexity index is 611. The normalized spacial score (nSPS) is 12.3. The summed E-state index contributed by atoms with van der Waals surface area (Å²) in [5.41, 5.74) is 0.858. The summed E-state index contributed by atoms with van der Waals surface area (Å²) in [6.07, 6.45) is -0.0863. The van der Waals surface area contributed by atoms with Crippen molar-refractivity contribution in [3.05, 3.63) is 48.6 Å². The van der Waals surface area contributed by atoms with Crippen molar-refractivity contribution in [1.82, 2.24) is 10.6 Å². The van der Waals surface area contributed by atoms with Crippen LogP contribution in [0.1, 0.15) is 12.5 Å². The Morgan fingerprint density at radius 2 is 1.85 bits per heavy atom. The van der Waals surface area contributed by atoms with Crippen LogP contribution in [-0.2, 0) is 20.9 Å². The molecular formula is C17H22N2O6S. The fraction of sp³-hybridized carbons (Fsp3) is 0.353. The van der Waals surface area contributed by atoms with Crippen molar-refractivity contribution >= 4 is 29.9 Å². The summed E-state index contributed by atoms with van der Waals surface area (Å²) >= 11 is 1.15. The maximum absolute atomic E-state index is 11.7. The van der Waals surface area contributed by atoms with Crippen LogP contribution in [0.25, 0.3) is 0 Å². The molecule has 2 atom stereocenters. The molecule has 0 bridgehead atoms.